The van der Waals surface area contributed by atoms with Crippen LogP contribution in [0.2, 0.25) is 0 Å². The van der Waals surface area contributed by atoms with Crippen molar-refractivity contribution in [3.05, 3.63) is 0 Å². The first-order valence-corrected chi connectivity index (χ1v) is 13.6. The average Bonchev–Trinajstić information content (AvgIpc) is 2.84. The fraction of sp³-hybridized carbons (Fsp3) is 0.786. The predicted octanol–water partition coefficient (Wildman–Crippen LogP) is 3.36. The molecule has 2 aliphatic heterocycles. The van der Waals surface area contributed by atoms with E-state index in [1.807, 2.05) is 34.6 Å². The molecule has 2 heterocycles. The minimum absolute atomic E-state index is 0.0536. The van der Waals surface area contributed by atoms with Crippen LogP contribution in [-0.4, -0.2) is 78.1 Å². The van der Waals surface area contributed by atoms with Gasteiger partial charge >= 0.3 is 12.1 Å². The maximum atomic E-state index is 12.9. The molecule has 0 radical (unpaired) electrons. The summed E-state index contributed by atoms with van der Waals surface area (Å²) in [5, 5.41) is 2.77. The predicted molar refractivity (Wildman–Crippen MR) is 140 cm³/mol. The van der Waals surface area contributed by atoms with Crippen LogP contribution in [0, 0.1) is 30.1 Å². The zero-order valence-corrected chi connectivity index (χ0v) is 23.2. The van der Waals surface area contributed by atoms with Gasteiger partial charge in [0, 0.05) is 32.6 Å². The van der Waals surface area contributed by atoms with Crippen molar-refractivity contribution in [2.24, 2.45) is 17.8 Å². The molecule has 0 aromatic carbocycles. The molecule has 2 saturated heterocycles. The van der Waals surface area contributed by atoms with Gasteiger partial charge in [-0.15, -0.1) is 6.42 Å². The first kappa shape index (κ1) is 30.5. The number of ether oxygens (including phenoxy) is 2. The number of esters is 1. The lowest BCUT2D eigenvalue weighted by atomic mass is 9.91. The molecule has 0 saturated carbocycles. The normalized spacial score (nSPS) is 19.6. The zero-order valence-electron chi connectivity index (χ0n) is 23.2. The van der Waals surface area contributed by atoms with Crippen molar-refractivity contribution in [3.63, 3.8) is 0 Å². The van der Waals surface area contributed by atoms with E-state index in [2.05, 4.69) is 11.2 Å². The molecular weight excluding hydrogens is 474 g/mol. The third kappa shape index (κ3) is 11.0. The van der Waals surface area contributed by atoms with Crippen molar-refractivity contribution in [3.8, 4) is 12.3 Å². The molecule has 0 spiro atoms. The van der Waals surface area contributed by atoms with Crippen LogP contribution in [0.15, 0.2) is 0 Å². The van der Waals surface area contributed by atoms with E-state index in [0.29, 0.717) is 51.5 Å². The molecule has 0 bridgehead atoms. The molecule has 0 aromatic rings. The largest absolute Gasteiger partial charge is 0.465 e. The number of amides is 3. The summed E-state index contributed by atoms with van der Waals surface area (Å²) in [6, 6.07) is -0.732. The van der Waals surface area contributed by atoms with E-state index in [0.717, 1.165) is 25.7 Å². The van der Waals surface area contributed by atoms with Gasteiger partial charge < -0.3 is 24.6 Å². The number of likely N-dealkylation sites (tertiary alicyclic amines) is 2. The van der Waals surface area contributed by atoms with Crippen molar-refractivity contribution in [1.29, 1.82) is 0 Å². The van der Waals surface area contributed by atoms with Gasteiger partial charge in [0.1, 0.15) is 11.6 Å². The average molecular weight is 520 g/mol. The van der Waals surface area contributed by atoms with E-state index in [1.165, 1.54) is 0 Å². The van der Waals surface area contributed by atoms with Crippen molar-refractivity contribution in [1.82, 2.24) is 15.1 Å². The van der Waals surface area contributed by atoms with Gasteiger partial charge in [0.15, 0.2) is 0 Å². The number of hydrogen-bond acceptors (Lipinski definition) is 6. The molecule has 3 amide bonds. The van der Waals surface area contributed by atoms with E-state index in [4.69, 9.17) is 15.9 Å². The molecular formula is C28H45N3O6. The van der Waals surface area contributed by atoms with Gasteiger partial charge in [0.25, 0.3) is 0 Å². The SMILES string of the molecule is C#CC(CC(=O)OCC(C)C)NC(=O)[C@@H]1CCCN(C(=O)CCC2CCN(C(=O)OC(C)(C)C)CC2)C1. The van der Waals surface area contributed by atoms with Crippen molar-refractivity contribution < 1.29 is 28.7 Å². The van der Waals surface area contributed by atoms with E-state index < -0.39 is 17.6 Å². The molecule has 37 heavy (non-hydrogen) atoms. The Bertz CT molecular complexity index is 836. The number of rotatable bonds is 9. The van der Waals surface area contributed by atoms with Crippen LogP contribution in [0.25, 0.3) is 0 Å². The Labute approximate surface area is 222 Å². The van der Waals surface area contributed by atoms with Crippen molar-refractivity contribution in [2.45, 2.75) is 91.2 Å². The molecule has 9 heteroatoms. The first-order chi connectivity index (χ1) is 17.4. The van der Waals surface area contributed by atoms with Crippen LogP contribution >= 0.6 is 0 Å². The van der Waals surface area contributed by atoms with E-state index in [1.54, 1.807) is 9.80 Å². The van der Waals surface area contributed by atoms with Gasteiger partial charge in [-0.3, -0.25) is 14.4 Å². The second-order valence-corrected chi connectivity index (χ2v) is 11.6. The summed E-state index contributed by atoms with van der Waals surface area (Å²) in [7, 11) is 0. The standard InChI is InChI=1S/C28H45N3O6/c1-7-23(17-25(33)36-19-20(2)3)29-26(34)22-9-8-14-31(18-22)24(32)11-10-21-12-15-30(16-13-21)27(35)37-28(4,5)6/h1,20-23H,8-19H2,2-6H3,(H,29,34)/t22-,23?/m1/s1. The second-order valence-electron chi connectivity index (χ2n) is 11.6. The van der Waals surface area contributed by atoms with Crippen LogP contribution < -0.4 is 5.32 Å². The van der Waals surface area contributed by atoms with Crippen LogP contribution in [-0.2, 0) is 23.9 Å². The summed E-state index contributed by atoms with van der Waals surface area (Å²) in [6.45, 7) is 12.0. The lowest BCUT2D eigenvalue weighted by Gasteiger charge is -2.34. The van der Waals surface area contributed by atoms with Crippen molar-refractivity contribution >= 4 is 23.9 Å². The maximum Gasteiger partial charge on any atom is 0.410 e. The number of terminal acetylenes is 1. The molecule has 9 nitrogen and oxygen atoms in total. The summed E-state index contributed by atoms with van der Waals surface area (Å²) in [5.41, 5.74) is -0.509. The minimum Gasteiger partial charge on any atom is -0.465 e. The monoisotopic (exact) mass is 519 g/mol. The lowest BCUT2D eigenvalue weighted by Crippen LogP contribution is -2.48. The van der Waals surface area contributed by atoms with Gasteiger partial charge in [0.05, 0.1) is 18.9 Å². The summed E-state index contributed by atoms with van der Waals surface area (Å²) >= 11 is 0. The molecule has 1 unspecified atom stereocenters. The molecule has 208 valence electrons. The molecule has 1 N–H and O–H groups in total. The quantitative estimate of drug-likeness (QED) is 0.370. The number of piperidine rings is 2. The zero-order chi connectivity index (χ0) is 27.6. The van der Waals surface area contributed by atoms with Gasteiger partial charge in [-0.25, -0.2) is 4.79 Å². The number of nitrogens with zero attached hydrogens (tertiary/aromatic N) is 2. The lowest BCUT2D eigenvalue weighted by molar-refractivity contribution is -0.145. The highest BCUT2D eigenvalue weighted by atomic mass is 16.6. The van der Waals surface area contributed by atoms with E-state index >= 15 is 0 Å². The summed E-state index contributed by atoms with van der Waals surface area (Å²) in [4.78, 5) is 53.5. The van der Waals surface area contributed by atoms with Crippen LogP contribution in [0.4, 0.5) is 4.79 Å². The van der Waals surface area contributed by atoms with Gasteiger partial charge in [0.2, 0.25) is 11.8 Å². The topological polar surface area (TPSA) is 105 Å². The number of carbonyl (C=O) groups is 4. The molecule has 2 fully saturated rings. The van der Waals surface area contributed by atoms with E-state index in [-0.39, 0.29) is 36.2 Å². The summed E-state index contributed by atoms with van der Waals surface area (Å²) in [5.74, 6) is 2.10. The minimum atomic E-state index is -0.732. The Hall–Kier alpha value is -2.76. The Morgan fingerprint density at radius 2 is 1.73 bits per heavy atom. The fourth-order valence-electron chi connectivity index (χ4n) is 4.56. The van der Waals surface area contributed by atoms with Gasteiger partial charge in [-0.1, -0.05) is 19.8 Å². The van der Waals surface area contributed by atoms with Crippen molar-refractivity contribution in [2.75, 3.05) is 32.8 Å². The highest BCUT2D eigenvalue weighted by Crippen LogP contribution is 2.25. The number of nitrogens with one attached hydrogen (secondary N) is 1. The summed E-state index contributed by atoms with van der Waals surface area (Å²) in [6.07, 6.45) is 9.50. The molecule has 2 rings (SSSR count). The Morgan fingerprint density at radius 1 is 1.05 bits per heavy atom. The van der Waals surface area contributed by atoms with Gasteiger partial charge in [-0.2, -0.15) is 0 Å². The Morgan fingerprint density at radius 3 is 2.32 bits per heavy atom. The number of carbonyl (C=O) groups excluding carboxylic acids is 4. The number of hydrogen-bond donors (Lipinski definition) is 1. The third-order valence-electron chi connectivity index (χ3n) is 6.64. The third-order valence-corrected chi connectivity index (χ3v) is 6.64. The van der Waals surface area contributed by atoms with Crippen LogP contribution in [0.5, 0.6) is 0 Å². The molecule has 0 aliphatic carbocycles. The second kappa shape index (κ2) is 14.3. The Kier molecular flexibility index (Phi) is 11.7. The van der Waals surface area contributed by atoms with Gasteiger partial charge in [-0.05, 0) is 64.7 Å². The molecule has 2 aliphatic rings. The van der Waals surface area contributed by atoms with E-state index in [9.17, 15) is 19.2 Å². The van der Waals surface area contributed by atoms with Crippen LogP contribution in [0.3, 0.4) is 0 Å². The highest BCUT2D eigenvalue weighted by molar-refractivity contribution is 5.82. The molecule has 2 atom stereocenters. The Balaban J connectivity index is 1.74. The summed E-state index contributed by atoms with van der Waals surface area (Å²) < 4.78 is 10.6. The first-order valence-electron chi connectivity index (χ1n) is 13.6. The molecule has 0 aromatic heterocycles. The van der Waals surface area contributed by atoms with Crippen LogP contribution in [0.1, 0.15) is 79.6 Å². The fourth-order valence-corrected chi connectivity index (χ4v) is 4.56. The smallest absolute Gasteiger partial charge is 0.410 e. The highest BCUT2D eigenvalue weighted by Gasteiger charge is 2.31. The maximum absolute atomic E-state index is 12.9.